The normalized spacial score (nSPS) is 10.4. The summed E-state index contributed by atoms with van der Waals surface area (Å²) in [6.07, 6.45) is 0. The van der Waals surface area contributed by atoms with E-state index in [0.29, 0.717) is 38.7 Å². The van der Waals surface area contributed by atoms with E-state index in [-0.39, 0.29) is 5.91 Å². The number of hydrogen-bond acceptors (Lipinski definition) is 4. The third-order valence-electron chi connectivity index (χ3n) is 2.40. The first-order chi connectivity index (χ1) is 9.34. The Balaban J connectivity index is 1.95. The molecular formula is C14H22N2O3. The van der Waals surface area contributed by atoms with Crippen LogP contribution in [0.15, 0.2) is 30.3 Å². The molecule has 0 fully saturated rings. The number of carbonyl (C=O) groups excluding carboxylic acids is 1. The van der Waals surface area contributed by atoms with E-state index in [1.165, 1.54) is 0 Å². The summed E-state index contributed by atoms with van der Waals surface area (Å²) < 4.78 is 10.5. The molecule has 0 radical (unpaired) electrons. The van der Waals surface area contributed by atoms with Gasteiger partial charge in [0.2, 0.25) is 0 Å². The highest BCUT2D eigenvalue weighted by Crippen LogP contribution is 1.97. The molecule has 1 aromatic rings. The fraction of sp³-hybridized carbons (Fsp3) is 0.500. The maximum absolute atomic E-state index is 11.7. The molecule has 0 saturated carbocycles. The van der Waals surface area contributed by atoms with Crippen molar-refractivity contribution in [1.29, 1.82) is 0 Å². The van der Waals surface area contributed by atoms with Crippen LogP contribution in [-0.2, 0) is 9.47 Å². The topological polar surface area (TPSA) is 59.6 Å². The Bertz CT molecular complexity index is 344. The summed E-state index contributed by atoms with van der Waals surface area (Å²) in [7, 11) is 0. The number of ether oxygens (including phenoxy) is 2. The van der Waals surface area contributed by atoms with Gasteiger partial charge in [-0.1, -0.05) is 18.2 Å². The largest absolute Gasteiger partial charge is 0.378 e. The minimum Gasteiger partial charge on any atom is -0.378 e. The van der Waals surface area contributed by atoms with Crippen LogP contribution in [0.1, 0.15) is 17.3 Å². The van der Waals surface area contributed by atoms with E-state index in [0.717, 1.165) is 6.54 Å². The second-order valence-electron chi connectivity index (χ2n) is 3.87. The number of carbonyl (C=O) groups is 1. The molecular weight excluding hydrogens is 244 g/mol. The lowest BCUT2D eigenvalue weighted by Crippen LogP contribution is -2.28. The zero-order chi connectivity index (χ0) is 13.8. The summed E-state index contributed by atoms with van der Waals surface area (Å²) in [5, 5.41) is 5.88. The highest BCUT2D eigenvalue weighted by Gasteiger charge is 2.02. The predicted octanol–water partition coefficient (Wildman–Crippen LogP) is 1.02. The van der Waals surface area contributed by atoms with Crippen LogP contribution in [-0.4, -0.2) is 45.5 Å². The molecule has 0 heterocycles. The van der Waals surface area contributed by atoms with E-state index in [1.807, 2.05) is 25.1 Å². The van der Waals surface area contributed by atoms with Crippen LogP contribution in [0.2, 0.25) is 0 Å². The lowest BCUT2D eigenvalue weighted by molar-refractivity contribution is 0.0893. The van der Waals surface area contributed by atoms with Gasteiger partial charge >= 0.3 is 0 Å². The highest BCUT2D eigenvalue weighted by molar-refractivity contribution is 5.94. The number of rotatable bonds is 10. The molecule has 19 heavy (non-hydrogen) atoms. The van der Waals surface area contributed by atoms with E-state index >= 15 is 0 Å². The molecule has 1 amide bonds. The Morgan fingerprint density at radius 1 is 1.11 bits per heavy atom. The lowest BCUT2D eigenvalue weighted by atomic mass is 10.2. The molecule has 0 saturated heterocycles. The Hall–Kier alpha value is -1.43. The van der Waals surface area contributed by atoms with Crippen molar-refractivity contribution in [1.82, 2.24) is 10.6 Å². The Morgan fingerprint density at radius 2 is 1.84 bits per heavy atom. The summed E-state index contributed by atoms with van der Waals surface area (Å²) in [5.74, 6) is -0.0707. The molecule has 0 aliphatic heterocycles. The molecule has 0 unspecified atom stereocenters. The third-order valence-corrected chi connectivity index (χ3v) is 2.40. The van der Waals surface area contributed by atoms with Crippen LogP contribution >= 0.6 is 0 Å². The summed E-state index contributed by atoms with van der Waals surface area (Å²) in [6.45, 7) is 5.58. The van der Waals surface area contributed by atoms with Gasteiger partial charge in [0.05, 0.1) is 19.9 Å². The maximum Gasteiger partial charge on any atom is 0.251 e. The lowest BCUT2D eigenvalue weighted by Gasteiger charge is -2.07. The van der Waals surface area contributed by atoms with Gasteiger partial charge in [0.15, 0.2) is 0 Å². The summed E-state index contributed by atoms with van der Waals surface area (Å²) in [4.78, 5) is 11.7. The van der Waals surface area contributed by atoms with Crippen LogP contribution in [0.25, 0.3) is 0 Å². The molecule has 0 atom stereocenters. The van der Waals surface area contributed by atoms with Gasteiger partial charge in [-0.25, -0.2) is 0 Å². The maximum atomic E-state index is 11.7. The quantitative estimate of drug-likeness (QED) is 0.490. The molecule has 0 spiro atoms. The van der Waals surface area contributed by atoms with Crippen molar-refractivity contribution < 1.29 is 14.3 Å². The number of hydrogen-bond donors (Lipinski definition) is 2. The smallest absolute Gasteiger partial charge is 0.251 e. The van der Waals surface area contributed by atoms with E-state index in [9.17, 15) is 4.79 Å². The van der Waals surface area contributed by atoms with Crippen molar-refractivity contribution in [2.24, 2.45) is 0 Å². The number of amides is 1. The molecule has 1 rings (SSSR count). The first-order valence-corrected chi connectivity index (χ1v) is 6.54. The van der Waals surface area contributed by atoms with Crippen molar-refractivity contribution >= 4 is 5.91 Å². The van der Waals surface area contributed by atoms with Crippen LogP contribution in [0.5, 0.6) is 0 Å². The van der Waals surface area contributed by atoms with E-state index in [1.54, 1.807) is 12.1 Å². The van der Waals surface area contributed by atoms with Crippen LogP contribution in [0, 0.1) is 0 Å². The molecule has 0 aliphatic rings. The van der Waals surface area contributed by atoms with Crippen LogP contribution in [0.4, 0.5) is 0 Å². The van der Waals surface area contributed by atoms with Gasteiger partial charge < -0.3 is 14.8 Å². The van der Waals surface area contributed by atoms with Crippen molar-refractivity contribution in [3.8, 4) is 0 Å². The van der Waals surface area contributed by atoms with Gasteiger partial charge in [0, 0.05) is 25.3 Å². The second-order valence-corrected chi connectivity index (χ2v) is 3.87. The Kier molecular flexibility index (Phi) is 8.63. The molecule has 0 aliphatic carbocycles. The van der Waals surface area contributed by atoms with Crippen molar-refractivity contribution in [3.05, 3.63) is 35.9 Å². The number of benzene rings is 1. The SMILES string of the molecule is CCOCNCCOCCNC(=O)c1ccccc1. The first kappa shape index (κ1) is 15.6. The monoisotopic (exact) mass is 266 g/mol. The van der Waals surface area contributed by atoms with E-state index in [4.69, 9.17) is 9.47 Å². The summed E-state index contributed by atoms with van der Waals surface area (Å²) >= 11 is 0. The fourth-order valence-corrected chi connectivity index (χ4v) is 1.42. The second kappa shape index (κ2) is 10.5. The average Bonchev–Trinajstić information content (AvgIpc) is 2.46. The fourth-order valence-electron chi connectivity index (χ4n) is 1.42. The summed E-state index contributed by atoms with van der Waals surface area (Å²) in [5.41, 5.74) is 0.667. The van der Waals surface area contributed by atoms with Crippen LogP contribution < -0.4 is 10.6 Å². The first-order valence-electron chi connectivity index (χ1n) is 6.54. The molecule has 2 N–H and O–H groups in total. The molecule has 0 bridgehead atoms. The predicted molar refractivity (Wildman–Crippen MR) is 74.1 cm³/mol. The van der Waals surface area contributed by atoms with E-state index < -0.39 is 0 Å². The zero-order valence-electron chi connectivity index (χ0n) is 11.4. The molecule has 1 aromatic carbocycles. The zero-order valence-corrected chi connectivity index (χ0v) is 11.4. The molecule has 106 valence electrons. The molecule has 5 heteroatoms. The Labute approximate surface area is 114 Å². The van der Waals surface area contributed by atoms with Gasteiger partial charge in [-0.3, -0.25) is 10.1 Å². The molecule has 0 aromatic heterocycles. The van der Waals surface area contributed by atoms with Crippen molar-refractivity contribution in [3.63, 3.8) is 0 Å². The minimum absolute atomic E-state index is 0.0707. The van der Waals surface area contributed by atoms with Gasteiger partial charge in [-0.05, 0) is 19.1 Å². The third kappa shape index (κ3) is 7.56. The standard InChI is InChI=1S/C14H22N2O3/c1-2-18-12-15-8-10-19-11-9-16-14(17)13-6-4-3-5-7-13/h3-7,15H,2,8-12H2,1H3,(H,16,17). The van der Waals surface area contributed by atoms with Gasteiger partial charge in [-0.2, -0.15) is 0 Å². The van der Waals surface area contributed by atoms with Crippen molar-refractivity contribution in [2.75, 3.05) is 39.6 Å². The van der Waals surface area contributed by atoms with Gasteiger partial charge in [0.1, 0.15) is 0 Å². The average molecular weight is 266 g/mol. The highest BCUT2D eigenvalue weighted by atomic mass is 16.5. The van der Waals surface area contributed by atoms with Gasteiger partial charge in [-0.15, -0.1) is 0 Å². The van der Waals surface area contributed by atoms with Crippen molar-refractivity contribution in [2.45, 2.75) is 6.92 Å². The van der Waals surface area contributed by atoms with E-state index in [2.05, 4.69) is 10.6 Å². The van der Waals surface area contributed by atoms with Gasteiger partial charge in [0.25, 0.3) is 5.91 Å². The number of nitrogens with one attached hydrogen (secondary N) is 2. The van der Waals surface area contributed by atoms with Crippen LogP contribution in [0.3, 0.4) is 0 Å². The summed E-state index contributed by atoms with van der Waals surface area (Å²) in [6, 6.07) is 9.14. The minimum atomic E-state index is -0.0707. The Morgan fingerprint density at radius 3 is 2.58 bits per heavy atom. The molecule has 5 nitrogen and oxygen atoms in total.